The van der Waals surface area contributed by atoms with Crippen LogP contribution in [-0.2, 0) is 73.3 Å². The molecule has 2 saturated heterocycles. The summed E-state index contributed by atoms with van der Waals surface area (Å²) in [5, 5.41) is 3.36. The molecule has 8 rings (SSSR count). The van der Waals surface area contributed by atoms with E-state index in [0.29, 0.717) is 58.8 Å². The number of carbonyl (C=O) groups is 2. The van der Waals surface area contributed by atoms with Crippen LogP contribution in [0.3, 0.4) is 0 Å². The Morgan fingerprint density at radius 3 is 1.38 bits per heavy atom. The van der Waals surface area contributed by atoms with E-state index in [1.165, 1.54) is 11.1 Å². The Morgan fingerprint density at radius 2 is 0.986 bits per heavy atom. The normalized spacial score (nSPS) is 14.9. The molecule has 0 atom stereocenters. The van der Waals surface area contributed by atoms with Crippen LogP contribution in [0, 0.1) is 0 Å². The number of rotatable bonds is 17. The molecule has 2 aromatic carbocycles. The lowest BCUT2D eigenvalue weighted by molar-refractivity contribution is -0.139. The molecule has 4 aromatic heterocycles. The van der Waals surface area contributed by atoms with Crippen LogP contribution in [0.4, 0.5) is 26.3 Å². The van der Waals surface area contributed by atoms with Crippen molar-refractivity contribution >= 4 is 11.8 Å². The maximum absolute atomic E-state index is 13.7. The van der Waals surface area contributed by atoms with E-state index >= 15 is 0 Å². The van der Waals surface area contributed by atoms with Gasteiger partial charge >= 0.3 is 12.4 Å². The highest BCUT2D eigenvalue weighted by Crippen LogP contribution is 2.34. The molecule has 18 heteroatoms. The van der Waals surface area contributed by atoms with E-state index in [2.05, 4.69) is 71.3 Å². The molecule has 2 fully saturated rings. The quantitative estimate of drug-likeness (QED) is 0.0754. The standard InChI is InChI=1S/C28H32F3N5O.C26H28F3N5O/c1-2-36-14-11-21(12-15-36)20-7-5-19(6-8-20)16-27-34-18-23(28(29,30)31)25(35-27)10-9-24-22(17-26(32)37)4-3-13-33-24;27-26(28,29)21-16-33-25(14-17-3-5-18(6-4-17)19-9-12-31-13-10-19)34-23(21)8-7-22-20(15-24(30)35)2-1-11-32-22/h3-8,13,18,21H,2,9-12,14-17H2,1H3,(H2,32,37);1-6,11,16,19,31H,7-10,12-15H2,(H2,30,35). The second kappa shape index (κ2) is 24.6. The van der Waals surface area contributed by atoms with Crippen molar-refractivity contribution in [2.45, 2.75) is 108 Å². The van der Waals surface area contributed by atoms with Gasteiger partial charge in [0.15, 0.2) is 0 Å². The van der Waals surface area contributed by atoms with Crippen LogP contribution in [-0.4, -0.2) is 79.3 Å². The molecule has 0 unspecified atom stereocenters. The van der Waals surface area contributed by atoms with E-state index in [1.807, 2.05) is 24.3 Å². The molecule has 0 aliphatic carbocycles. The van der Waals surface area contributed by atoms with E-state index in [-0.39, 0.29) is 49.9 Å². The van der Waals surface area contributed by atoms with Gasteiger partial charge in [0.2, 0.25) is 11.8 Å². The Hall–Kier alpha value is -6.66. The Morgan fingerprint density at radius 1 is 0.583 bits per heavy atom. The number of primary amides is 2. The molecule has 5 N–H and O–H groups in total. The van der Waals surface area contributed by atoms with Gasteiger partial charge in [0.25, 0.3) is 0 Å². The molecule has 2 aliphatic heterocycles. The number of benzene rings is 2. The number of aromatic nitrogens is 6. The maximum Gasteiger partial charge on any atom is 0.419 e. The zero-order chi connectivity index (χ0) is 51.3. The molecule has 2 amide bonds. The first-order valence-electron chi connectivity index (χ1n) is 24.4. The number of hydrogen-bond donors (Lipinski definition) is 3. The number of piperidine rings is 2. The summed E-state index contributed by atoms with van der Waals surface area (Å²) >= 11 is 0. The number of hydrogen-bond acceptors (Lipinski definition) is 10. The predicted octanol–water partition coefficient (Wildman–Crippen LogP) is 8.25. The minimum atomic E-state index is -4.57. The third-order valence-corrected chi connectivity index (χ3v) is 13.3. The lowest BCUT2D eigenvalue weighted by Gasteiger charge is -2.31. The summed E-state index contributed by atoms with van der Waals surface area (Å²) in [6.45, 7) is 7.50. The SMILES string of the molecule is CCN1CCC(c2ccc(Cc3ncc(C(F)(F)F)c(CCc4ncccc4CC(N)=O)n3)cc2)CC1.NC(=O)Cc1cccnc1CCc1nc(Cc2ccc(C3CCNCC3)cc2)ncc1C(F)(F)F. The largest absolute Gasteiger partial charge is 0.419 e. The fraction of sp³-hybridized carbons (Fsp3) is 0.407. The summed E-state index contributed by atoms with van der Waals surface area (Å²) in [5.74, 6) is 0.700. The number of likely N-dealkylation sites (tertiary alicyclic amines) is 1. The van der Waals surface area contributed by atoms with E-state index in [0.717, 1.165) is 81.9 Å². The van der Waals surface area contributed by atoms with Crippen LogP contribution in [0.5, 0.6) is 0 Å². The molecule has 0 radical (unpaired) electrons. The highest BCUT2D eigenvalue weighted by Gasteiger charge is 2.36. The molecule has 72 heavy (non-hydrogen) atoms. The minimum Gasteiger partial charge on any atom is -0.369 e. The van der Waals surface area contributed by atoms with Gasteiger partial charge in [-0.05, 0) is 141 Å². The number of halogens is 6. The monoisotopic (exact) mass is 994 g/mol. The van der Waals surface area contributed by atoms with Gasteiger partial charge in [0.05, 0.1) is 35.4 Å². The second-order valence-electron chi connectivity index (χ2n) is 18.4. The Bertz CT molecular complexity index is 2740. The van der Waals surface area contributed by atoms with Crippen LogP contribution in [0.1, 0.15) is 123 Å². The van der Waals surface area contributed by atoms with Gasteiger partial charge in [-0.15, -0.1) is 0 Å². The van der Waals surface area contributed by atoms with Crippen molar-refractivity contribution in [2.24, 2.45) is 11.5 Å². The maximum atomic E-state index is 13.7. The van der Waals surface area contributed by atoms with Crippen LogP contribution in [0.25, 0.3) is 0 Å². The zero-order valence-electron chi connectivity index (χ0n) is 40.3. The fourth-order valence-electron chi connectivity index (χ4n) is 9.42. The van der Waals surface area contributed by atoms with E-state index < -0.39 is 35.3 Å². The highest BCUT2D eigenvalue weighted by atomic mass is 19.4. The lowest BCUT2D eigenvalue weighted by Crippen LogP contribution is -2.32. The average Bonchev–Trinajstić information content (AvgIpc) is 3.36. The molecule has 0 bridgehead atoms. The van der Waals surface area contributed by atoms with Gasteiger partial charge in [0.1, 0.15) is 11.6 Å². The van der Waals surface area contributed by atoms with Crippen LogP contribution < -0.4 is 16.8 Å². The van der Waals surface area contributed by atoms with Gasteiger partial charge in [0, 0.05) is 49.0 Å². The summed E-state index contributed by atoms with van der Waals surface area (Å²) in [6.07, 6.45) is 1.26. The molecule has 0 saturated carbocycles. The Balaban J connectivity index is 0.000000212. The molecule has 380 valence electrons. The van der Waals surface area contributed by atoms with E-state index in [9.17, 15) is 35.9 Å². The summed E-state index contributed by atoms with van der Waals surface area (Å²) in [6, 6.07) is 23.2. The van der Waals surface area contributed by atoms with Gasteiger partial charge in [-0.25, -0.2) is 19.9 Å². The summed E-state index contributed by atoms with van der Waals surface area (Å²) in [5.41, 5.74) is 15.5. The topological polar surface area (TPSA) is 179 Å². The first-order chi connectivity index (χ1) is 34.5. The number of carbonyl (C=O) groups excluding carboxylic acids is 2. The summed E-state index contributed by atoms with van der Waals surface area (Å²) < 4.78 is 82.0. The fourth-order valence-corrected chi connectivity index (χ4v) is 9.42. The smallest absolute Gasteiger partial charge is 0.369 e. The summed E-state index contributed by atoms with van der Waals surface area (Å²) in [7, 11) is 0. The number of nitrogens with one attached hydrogen (secondary N) is 1. The Labute approximate surface area is 415 Å². The number of nitrogens with two attached hydrogens (primary N) is 2. The first kappa shape index (κ1) is 53.1. The summed E-state index contributed by atoms with van der Waals surface area (Å²) in [4.78, 5) is 50.3. The molecule has 6 aromatic rings. The van der Waals surface area contributed by atoms with Crippen molar-refractivity contribution in [1.82, 2.24) is 40.1 Å². The molecule has 0 spiro atoms. The van der Waals surface area contributed by atoms with E-state index in [1.54, 1.807) is 36.7 Å². The van der Waals surface area contributed by atoms with Crippen molar-refractivity contribution in [2.75, 3.05) is 32.7 Å². The van der Waals surface area contributed by atoms with Gasteiger partial charge in [-0.3, -0.25) is 19.6 Å². The van der Waals surface area contributed by atoms with Gasteiger partial charge in [-0.1, -0.05) is 67.6 Å². The van der Waals surface area contributed by atoms with Crippen molar-refractivity contribution in [1.29, 1.82) is 0 Å². The number of nitrogens with zero attached hydrogens (tertiary/aromatic N) is 7. The zero-order valence-corrected chi connectivity index (χ0v) is 40.3. The molecular formula is C54H60F6N10O2. The third kappa shape index (κ3) is 15.2. The van der Waals surface area contributed by atoms with Crippen molar-refractivity contribution in [3.05, 3.63) is 177 Å². The molecular weight excluding hydrogens is 935 g/mol. The average molecular weight is 995 g/mol. The second-order valence-corrected chi connectivity index (χ2v) is 18.4. The number of aryl methyl sites for hydroxylation is 4. The lowest BCUT2D eigenvalue weighted by atomic mass is 9.89. The third-order valence-electron chi connectivity index (χ3n) is 13.3. The van der Waals surface area contributed by atoms with Crippen LogP contribution in [0.15, 0.2) is 97.6 Å². The number of amides is 2. The van der Waals surface area contributed by atoms with Gasteiger partial charge < -0.3 is 21.7 Å². The first-order valence-corrected chi connectivity index (χ1v) is 24.4. The number of pyridine rings is 2. The minimum absolute atomic E-state index is 0.0157. The van der Waals surface area contributed by atoms with Crippen LogP contribution >= 0.6 is 0 Å². The van der Waals surface area contributed by atoms with Gasteiger partial charge in [-0.2, -0.15) is 26.3 Å². The van der Waals surface area contributed by atoms with Crippen molar-refractivity contribution in [3.63, 3.8) is 0 Å². The van der Waals surface area contributed by atoms with Crippen molar-refractivity contribution in [3.8, 4) is 0 Å². The Kier molecular flexibility index (Phi) is 18.2. The molecule has 12 nitrogen and oxygen atoms in total. The predicted molar refractivity (Wildman–Crippen MR) is 261 cm³/mol. The van der Waals surface area contributed by atoms with Crippen molar-refractivity contribution < 1.29 is 35.9 Å². The number of alkyl halides is 6. The van der Waals surface area contributed by atoms with Crippen LogP contribution in [0.2, 0.25) is 0 Å². The van der Waals surface area contributed by atoms with E-state index in [4.69, 9.17) is 11.5 Å². The highest BCUT2D eigenvalue weighted by molar-refractivity contribution is 5.77. The molecule has 6 heterocycles. The molecule has 2 aliphatic rings.